The van der Waals surface area contributed by atoms with Gasteiger partial charge in [0.1, 0.15) is 30.7 Å². The van der Waals surface area contributed by atoms with E-state index in [9.17, 15) is 20.1 Å². The quantitative estimate of drug-likeness (QED) is 0.238. The molecule has 6 atom stereocenters. The summed E-state index contributed by atoms with van der Waals surface area (Å²) in [4.78, 5) is 23.4. The van der Waals surface area contributed by atoms with Gasteiger partial charge in [-0.2, -0.15) is 0 Å². The highest BCUT2D eigenvalue weighted by Crippen LogP contribution is 2.32. The molecule has 154 valence electrons. The Bertz CT molecular complexity index is 859. The van der Waals surface area contributed by atoms with Gasteiger partial charge in [-0.25, -0.2) is 15.0 Å². The summed E-state index contributed by atoms with van der Waals surface area (Å²) < 4.78 is 6.90. The second kappa shape index (κ2) is 7.54. The molecule has 28 heavy (non-hydrogen) atoms. The summed E-state index contributed by atoms with van der Waals surface area (Å²) in [6.07, 6.45) is -2.01. The van der Waals surface area contributed by atoms with Crippen LogP contribution in [0.5, 0.6) is 0 Å². The lowest BCUT2D eigenvalue weighted by atomic mass is 10.0. The molecule has 9 N–H and O–H groups in total. The number of rotatable bonds is 7. The number of aliphatic carboxylic acids is 1. The molecule has 2 aromatic rings. The molecule has 0 radical (unpaired) electrons. The Morgan fingerprint density at radius 1 is 1.39 bits per heavy atom. The number of ether oxygens (including phenoxy) is 1. The zero-order valence-electron chi connectivity index (χ0n) is 15.0. The van der Waals surface area contributed by atoms with Gasteiger partial charge < -0.3 is 41.9 Å². The van der Waals surface area contributed by atoms with Gasteiger partial charge in [0, 0.05) is 6.42 Å². The Hall–Kier alpha value is -2.42. The molecule has 0 saturated carbocycles. The molecule has 1 fully saturated rings. The first-order valence-electron chi connectivity index (χ1n) is 8.50. The number of carbonyl (C=O) groups is 1. The number of hydrogen-bond acceptors (Lipinski definition) is 11. The van der Waals surface area contributed by atoms with Gasteiger partial charge in [0.25, 0.3) is 0 Å². The number of nitrogens with zero attached hydrogens (tertiary/aromatic N) is 4. The van der Waals surface area contributed by atoms with Crippen molar-refractivity contribution in [2.24, 2.45) is 11.5 Å². The van der Waals surface area contributed by atoms with Crippen LogP contribution in [0.2, 0.25) is 0 Å². The first kappa shape index (κ1) is 20.3. The third-order valence-electron chi connectivity index (χ3n) is 4.52. The smallest absolute Gasteiger partial charge is 0.320 e. The number of imidazole rings is 1. The van der Waals surface area contributed by atoms with Crippen molar-refractivity contribution in [3.05, 3.63) is 12.7 Å². The topological polar surface area (TPSA) is 215 Å². The maximum Gasteiger partial charge on any atom is 0.320 e. The largest absolute Gasteiger partial charge is 0.480 e. The average molecular weight is 397 g/mol. The SMILES string of the molecule is CC(N)(CC(N)C(=O)O)Nc1ncnc2c1ncn2[C@@H]1O[C@H](CO)[C@@H](O)[C@H]1O. The minimum atomic E-state index is -1.30. The molecule has 0 aliphatic carbocycles. The fraction of sp³-hybridized carbons (Fsp3) is 0.600. The van der Waals surface area contributed by atoms with Crippen LogP contribution in [0.25, 0.3) is 11.2 Å². The van der Waals surface area contributed by atoms with Crippen LogP contribution in [0.4, 0.5) is 5.82 Å². The van der Waals surface area contributed by atoms with E-state index in [0.717, 1.165) is 0 Å². The van der Waals surface area contributed by atoms with Crippen LogP contribution in [-0.4, -0.2) is 82.5 Å². The fourth-order valence-electron chi connectivity index (χ4n) is 3.11. The molecular formula is C15H23N7O6. The van der Waals surface area contributed by atoms with Gasteiger partial charge in [0.15, 0.2) is 23.2 Å². The van der Waals surface area contributed by atoms with Crippen LogP contribution in [0, 0.1) is 0 Å². The third-order valence-corrected chi connectivity index (χ3v) is 4.52. The molecule has 1 saturated heterocycles. The van der Waals surface area contributed by atoms with Crippen molar-refractivity contribution in [3.63, 3.8) is 0 Å². The van der Waals surface area contributed by atoms with Gasteiger partial charge in [-0.15, -0.1) is 0 Å². The van der Waals surface area contributed by atoms with E-state index in [1.165, 1.54) is 17.2 Å². The minimum Gasteiger partial charge on any atom is -0.480 e. The Kier molecular flexibility index (Phi) is 5.47. The number of carboxylic acids is 1. The Labute approximate surface area is 159 Å². The number of aliphatic hydroxyl groups is 3. The predicted octanol–water partition coefficient (Wildman–Crippen LogP) is -2.67. The second-order valence-corrected chi connectivity index (χ2v) is 6.97. The van der Waals surface area contributed by atoms with E-state index >= 15 is 0 Å². The van der Waals surface area contributed by atoms with Gasteiger partial charge in [0.05, 0.1) is 18.6 Å². The Morgan fingerprint density at radius 3 is 2.71 bits per heavy atom. The highest BCUT2D eigenvalue weighted by Gasteiger charge is 2.44. The van der Waals surface area contributed by atoms with E-state index in [-0.39, 0.29) is 17.9 Å². The maximum atomic E-state index is 11.0. The normalized spacial score (nSPS) is 28.2. The number of carboxylic acid groups (broad SMARTS) is 1. The third kappa shape index (κ3) is 3.76. The van der Waals surface area contributed by atoms with Crippen LogP contribution < -0.4 is 16.8 Å². The molecule has 0 spiro atoms. The summed E-state index contributed by atoms with van der Waals surface area (Å²) in [5.74, 6) is -0.946. The summed E-state index contributed by atoms with van der Waals surface area (Å²) in [6.45, 7) is 1.10. The van der Waals surface area contributed by atoms with E-state index in [1.807, 2.05) is 0 Å². The highest BCUT2D eigenvalue weighted by molar-refractivity contribution is 5.83. The summed E-state index contributed by atoms with van der Waals surface area (Å²) in [7, 11) is 0. The molecule has 1 aliphatic rings. The standard InChI is InChI=1S/C15H23N7O6/c1-15(17,2-6(16)14(26)27)21-11-8-12(19-4-18-11)22(5-20-8)13-10(25)9(24)7(3-23)28-13/h4-7,9-10,13,23-25H,2-3,16-17H2,1H3,(H,26,27)(H,18,19,21)/t6?,7-,9-,10-,13-,15?/m1/s1. The zero-order chi connectivity index (χ0) is 20.6. The number of hydrogen-bond donors (Lipinski definition) is 7. The van der Waals surface area contributed by atoms with E-state index < -0.39 is 48.8 Å². The number of nitrogens with two attached hydrogens (primary N) is 2. The molecule has 0 bridgehead atoms. The first-order valence-corrected chi connectivity index (χ1v) is 8.50. The second-order valence-electron chi connectivity index (χ2n) is 6.97. The van der Waals surface area contributed by atoms with E-state index in [4.69, 9.17) is 21.3 Å². The molecular weight excluding hydrogens is 374 g/mol. The van der Waals surface area contributed by atoms with Crippen LogP contribution >= 0.6 is 0 Å². The van der Waals surface area contributed by atoms with Crippen LogP contribution in [0.3, 0.4) is 0 Å². The molecule has 3 rings (SSSR count). The van der Waals surface area contributed by atoms with Crippen molar-refractivity contribution in [2.75, 3.05) is 11.9 Å². The number of anilines is 1. The van der Waals surface area contributed by atoms with Crippen LogP contribution in [0.1, 0.15) is 19.6 Å². The molecule has 2 aromatic heterocycles. The van der Waals surface area contributed by atoms with Crippen molar-refractivity contribution in [2.45, 2.75) is 49.6 Å². The lowest BCUT2D eigenvalue weighted by Crippen LogP contribution is -2.51. The van der Waals surface area contributed by atoms with Crippen LogP contribution in [-0.2, 0) is 9.53 Å². The number of fused-ring (bicyclic) bond motifs is 1. The van der Waals surface area contributed by atoms with Gasteiger partial charge in [-0.05, 0) is 6.92 Å². The summed E-state index contributed by atoms with van der Waals surface area (Å²) in [5, 5.41) is 41.3. The molecule has 13 heteroatoms. The molecule has 13 nitrogen and oxygen atoms in total. The van der Waals surface area contributed by atoms with E-state index in [0.29, 0.717) is 5.52 Å². The fourth-order valence-corrected chi connectivity index (χ4v) is 3.11. The van der Waals surface area contributed by atoms with Crippen molar-refractivity contribution < 1.29 is 30.0 Å². The van der Waals surface area contributed by atoms with Crippen molar-refractivity contribution in [3.8, 4) is 0 Å². The molecule has 3 heterocycles. The minimum absolute atomic E-state index is 0.0800. The molecule has 1 aliphatic heterocycles. The number of nitrogens with one attached hydrogen (secondary N) is 1. The first-order chi connectivity index (χ1) is 13.1. The highest BCUT2D eigenvalue weighted by atomic mass is 16.6. The zero-order valence-corrected chi connectivity index (χ0v) is 15.0. The monoisotopic (exact) mass is 397 g/mol. The molecule has 2 unspecified atom stereocenters. The van der Waals surface area contributed by atoms with Crippen molar-refractivity contribution >= 4 is 23.0 Å². The summed E-state index contributed by atoms with van der Waals surface area (Å²) in [5.41, 5.74) is 11.0. The molecule has 0 amide bonds. The van der Waals surface area contributed by atoms with E-state index in [1.54, 1.807) is 6.92 Å². The van der Waals surface area contributed by atoms with Crippen LogP contribution in [0.15, 0.2) is 12.7 Å². The van der Waals surface area contributed by atoms with Crippen molar-refractivity contribution in [1.29, 1.82) is 0 Å². The Morgan fingerprint density at radius 2 is 2.11 bits per heavy atom. The Balaban J connectivity index is 1.89. The lowest BCUT2D eigenvalue weighted by Gasteiger charge is -2.28. The van der Waals surface area contributed by atoms with E-state index in [2.05, 4.69) is 20.3 Å². The van der Waals surface area contributed by atoms with Crippen molar-refractivity contribution in [1.82, 2.24) is 19.5 Å². The number of aromatic nitrogens is 4. The average Bonchev–Trinajstić information content (AvgIpc) is 3.17. The summed E-state index contributed by atoms with van der Waals surface area (Å²) >= 11 is 0. The number of aliphatic hydroxyl groups excluding tert-OH is 3. The van der Waals surface area contributed by atoms with Gasteiger partial charge in [-0.1, -0.05) is 0 Å². The van der Waals surface area contributed by atoms with Gasteiger partial charge >= 0.3 is 5.97 Å². The summed E-state index contributed by atoms with van der Waals surface area (Å²) in [6, 6.07) is -1.17. The van der Waals surface area contributed by atoms with Gasteiger partial charge in [-0.3, -0.25) is 9.36 Å². The molecule has 0 aromatic carbocycles. The van der Waals surface area contributed by atoms with Gasteiger partial charge in [0.2, 0.25) is 0 Å². The lowest BCUT2D eigenvalue weighted by molar-refractivity contribution is -0.138. The maximum absolute atomic E-state index is 11.0. The predicted molar refractivity (Wildman–Crippen MR) is 94.8 cm³/mol.